The van der Waals surface area contributed by atoms with Gasteiger partial charge < -0.3 is 5.32 Å². The fourth-order valence-corrected chi connectivity index (χ4v) is 1.23. The van der Waals surface area contributed by atoms with E-state index in [1.807, 2.05) is 0 Å². The molecule has 0 aliphatic rings. The summed E-state index contributed by atoms with van der Waals surface area (Å²) < 4.78 is 1.51. The van der Waals surface area contributed by atoms with Crippen molar-refractivity contribution < 1.29 is 4.79 Å². The smallest absolute Gasteiger partial charge is 0.224 e. The van der Waals surface area contributed by atoms with Gasteiger partial charge in [-0.2, -0.15) is 5.10 Å². The molecular weight excluding hydrogens is 206 g/mol. The van der Waals surface area contributed by atoms with Crippen LogP contribution in [0.3, 0.4) is 0 Å². The largest absolute Gasteiger partial charge is 0.323 e. The van der Waals surface area contributed by atoms with Crippen LogP contribution < -0.4 is 5.32 Å². The predicted molar refractivity (Wildman–Crippen MR) is 58.1 cm³/mol. The van der Waals surface area contributed by atoms with Crippen molar-refractivity contribution in [1.29, 1.82) is 0 Å². The predicted octanol–water partition coefficient (Wildman–Crippen LogP) is 1.01. The van der Waals surface area contributed by atoms with E-state index in [0.717, 1.165) is 0 Å². The molecule has 0 fully saturated rings. The molecule has 2 aromatic rings. The maximum Gasteiger partial charge on any atom is 0.224 e. The molecule has 0 saturated heterocycles. The molecule has 0 aliphatic carbocycles. The molecule has 82 valence electrons. The number of anilines is 1. The maximum atomic E-state index is 11.3. The van der Waals surface area contributed by atoms with Crippen molar-refractivity contribution in [2.24, 2.45) is 0 Å². The third-order valence-corrected chi connectivity index (χ3v) is 2.02. The second-order valence-electron chi connectivity index (χ2n) is 3.12. The second-order valence-corrected chi connectivity index (χ2v) is 3.12. The van der Waals surface area contributed by atoms with Gasteiger partial charge in [-0.05, 0) is 12.1 Å². The first-order valence-corrected chi connectivity index (χ1v) is 4.91. The first-order chi connectivity index (χ1) is 7.81. The number of rotatable bonds is 3. The Morgan fingerprint density at radius 2 is 2.44 bits per heavy atom. The summed E-state index contributed by atoms with van der Waals surface area (Å²) in [5.74, 6) is 0.496. The minimum absolute atomic E-state index is 0.0608. The Kier molecular flexibility index (Phi) is 2.90. The number of hydrogen-bond donors (Lipinski definition) is 1. The highest BCUT2D eigenvalue weighted by molar-refractivity contribution is 5.92. The van der Waals surface area contributed by atoms with Crippen LogP contribution in [-0.4, -0.2) is 25.7 Å². The quantitative estimate of drug-likeness (QED) is 0.832. The van der Waals surface area contributed by atoms with Gasteiger partial charge in [0.05, 0.1) is 5.69 Å². The number of hydrogen-bond acceptors (Lipinski definition) is 4. The zero-order valence-corrected chi connectivity index (χ0v) is 8.79. The van der Waals surface area contributed by atoms with Crippen molar-refractivity contribution >= 4 is 11.6 Å². The number of nitrogens with zero attached hydrogens (tertiary/aromatic N) is 4. The van der Waals surface area contributed by atoms with Crippen molar-refractivity contribution in [1.82, 2.24) is 19.7 Å². The zero-order chi connectivity index (χ0) is 11.4. The van der Waals surface area contributed by atoms with Crippen molar-refractivity contribution in [3.63, 3.8) is 0 Å². The lowest BCUT2D eigenvalue weighted by atomic mass is 10.3. The van der Waals surface area contributed by atoms with E-state index >= 15 is 0 Å². The monoisotopic (exact) mass is 217 g/mol. The summed E-state index contributed by atoms with van der Waals surface area (Å²) in [6, 6.07) is 3.53. The summed E-state index contributed by atoms with van der Waals surface area (Å²) in [6.07, 6.45) is 5.01. The van der Waals surface area contributed by atoms with Crippen LogP contribution in [0.5, 0.6) is 0 Å². The van der Waals surface area contributed by atoms with Gasteiger partial charge in [0, 0.05) is 12.6 Å². The molecule has 6 nitrogen and oxygen atoms in total. The van der Waals surface area contributed by atoms with Crippen LogP contribution in [0.15, 0.2) is 31.0 Å². The second kappa shape index (κ2) is 4.52. The fraction of sp³-hybridized carbons (Fsp3) is 0.200. The summed E-state index contributed by atoms with van der Waals surface area (Å²) in [7, 11) is 0. The Morgan fingerprint density at radius 3 is 3.12 bits per heavy atom. The van der Waals surface area contributed by atoms with E-state index in [2.05, 4.69) is 20.4 Å². The van der Waals surface area contributed by atoms with Crippen LogP contribution in [0.4, 0.5) is 5.69 Å². The minimum Gasteiger partial charge on any atom is -0.323 e. The van der Waals surface area contributed by atoms with E-state index in [0.29, 0.717) is 17.9 Å². The lowest BCUT2D eigenvalue weighted by Crippen LogP contribution is -2.13. The third kappa shape index (κ3) is 2.05. The highest BCUT2D eigenvalue weighted by Crippen LogP contribution is 2.15. The molecule has 0 aliphatic heterocycles. The molecule has 0 unspecified atom stereocenters. The molecular formula is C10H11N5O. The number of nitrogens with one attached hydrogen (secondary N) is 1. The SMILES string of the molecule is CCC(=O)Nc1cccnc1-n1cncn1. The van der Waals surface area contributed by atoms with Crippen molar-refractivity contribution in [2.45, 2.75) is 13.3 Å². The van der Waals surface area contributed by atoms with Crippen molar-refractivity contribution in [3.05, 3.63) is 31.0 Å². The van der Waals surface area contributed by atoms with Gasteiger partial charge in [0.2, 0.25) is 5.91 Å². The number of carbonyl (C=O) groups is 1. The molecule has 2 aromatic heterocycles. The number of carbonyl (C=O) groups excluding carboxylic acids is 1. The van der Waals surface area contributed by atoms with Gasteiger partial charge in [-0.1, -0.05) is 6.92 Å². The Balaban J connectivity index is 2.35. The molecule has 0 spiro atoms. The van der Waals surface area contributed by atoms with E-state index in [9.17, 15) is 4.79 Å². The van der Waals surface area contributed by atoms with Gasteiger partial charge in [-0.3, -0.25) is 4.79 Å². The van der Waals surface area contributed by atoms with Crippen LogP contribution in [0.25, 0.3) is 5.82 Å². The normalized spacial score (nSPS) is 10.1. The molecule has 0 bridgehead atoms. The molecule has 0 radical (unpaired) electrons. The van der Waals surface area contributed by atoms with Crippen LogP contribution >= 0.6 is 0 Å². The Hall–Kier alpha value is -2.24. The highest BCUT2D eigenvalue weighted by atomic mass is 16.1. The van der Waals surface area contributed by atoms with Gasteiger partial charge >= 0.3 is 0 Å². The third-order valence-electron chi connectivity index (χ3n) is 2.02. The molecule has 2 rings (SSSR count). The van der Waals surface area contributed by atoms with Crippen LogP contribution in [0, 0.1) is 0 Å². The Bertz CT molecular complexity index is 480. The standard InChI is InChI=1S/C10H11N5O/c1-2-9(16)14-8-4-3-5-12-10(8)15-7-11-6-13-15/h3-7H,2H2,1H3,(H,14,16). The summed E-state index contributed by atoms with van der Waals surface area (Å²) in [4.78, 5) is 19.3. The van der Waals surface area contributed by atoms with Gasteiger partial charge in [-0.15, -0.1) is 0 Å². The van der Waals surface area contributed by atoms with Gasteiger partial charge in [0.15, 0.2) is 5.82 Å². The average Bonchev–Trinajstić information content (AvgIpc) is 2.83. The molecule has 2 heterocycles. The van der Waals surface area contributed by atoms with Crippen molar-refractivity contribution in [2.75, 3.05) is 5.32 Å². The average molecular weight is 217 g/mol. The van der Waals surface area contributed by atoms with E-state index in [4.69, 9.17) is 0 Å². The molecule has 0 saturated carbocycles. The fourth-order valence-electron chi connectivity index (χ4n) is 1.23. The van der Waals surface area contributed by atoms with E-state index in [1.54, 1.807) is 25.3 Å². The molecule has 1 amide bonds. The topological polar surface area (TPSA) is 72.7 Å². The first-order valence-electron chi connectivity index (χ1n) is 4.91. The molecule has 0 aromatic carbocycles. The minimum atomic E-state index is -0.0608. The highest BCUT2D eigenvalue weighted by Gasteiger charge is 2.08. The molecule has 0 atom stereocenters. The van der Waals surface area contributed by atoms with Crippen LogP contribution in [0.1, 0.15) is 13.3 Å². The molecule has 16 heavy (non-hydrogen) atoms. The molecule has 6 heteroatoms. The lowest BCUT2D eigenvalue weighted by Gasteiger charge is -2.08. The number of aromatic nitrogens is 4. The van der Waals surface area contributed by atoms with E-state index in [1.165, 1.54) is 17.3 Å². The van der Waals surface area contributed by atoms with E-state index in [-0.39, 0.29) is 5.91 Å². The summed E-state index contributed by atoms with van der Waals surface area (Å²) in [5.41, 5.74) is 0.625. The van der Waals surface area contributed by atoms with Gasteiger partial charge in [0.1, 0.15) is 12.7 Å². The van der Waals surface area contributed by atoms with Crippen molar-refractivity contribution in [3.8, 4) is 5.82 Å². The first kappa shape index (κ1) is 10.3. The lowest BCUT2D eigenvalue weighted by molar-refractivity contribution is -0.115. The summed E-state index contributed by atoms with van der Waals surface area (Å²) in [6.45, 7) is 1.79. The molecule has 1 N–H and O–H groups in total. The number of pyridine rings is 1. The summed E-state index contributed by atoms with van der Waals surface area (Å²) in [5, 5.41) is 6.73. The van der Waals surface area contributed by atoms with E-state index < -0.39 is 0 Å². The maximum absolute atomic E-state index is 11.3. The van der Waals surface area contributed by atoms with Gasteiger partial charge in [-0.25, -0.2) is 14.6 Å². The zero-order valence-electron chi connectivity index (χ0n) is 8.79. The summed E-state index contributed by atoms with van der Waals surface area (Å²) >= 11 is 0. The van der Waals surface area contributed by atoms with Gasteiger partial charge in [0.25, 0.3) is 0 Å². The Labute approximate surface area is 92.3 Å². The Morgan fingerprint density at radius 1 is 1.56 bits per heavy atom. The number of amides is 1. The van der Waals surface area contributed by atoms with Crippen LogP contribution in [-0.2, 0) is 4.79 Å². The van der Waals surface area contributed by atoms with Crippen LogP contribution in [0.2, 0.25) is 0 Å².